The molecule has 0 N–H and O–H groups in total. The Morgan fingerprint density at radius 1 is 0.941 bits per heavy atom. The van der Waals surface area contributed by atoms with Gasteiger partial charge >= 0.3 is 0 Å². The zero-order valence-electron chi connectivity index (χ0n) is 7.70. The van der Waals surface area contributed by atoms with Crippen LogP contribution < -0.4 is 0 Å². The lowest BCUT2D eigenvalue weighted by molar-refractivity contribution is -0.385. The van der Waals surface area contributed by atoms with Crippen LogP contribution in [0, 0.1) is 10.1 Å². The third-order valence-corrected chi connectivity index (χ3v) is 4.31. The van der Waals surface area contributed by atoms with Crippen LogP contribution in [0.4, 0.5) is 5.69 Å². The highest BCUT2D eigenvalue weighted by atomic mass is 35.7. The summed E-state index contributed by atoms with van der Waals surface area (Å²) in [6.07, 6.45) is 0. The SMILES string of the molecule is O=[N+]([O-])c1cc(S(=O)(=O)Cl)cc(S(=O)(=O)Cl)c1. The van der Waals surface area contributed by atoms with Crippen LogP contribution in [0.15, 0.2) is 28.0 Å². The van der Waals surface area contributed by atoms with Gasteiger partial charge in [-0.2, -0.15) is 0 Å². The smallest absolute Gasteiger partial charge is 0.258 e. The summed E-state index contributed by atoms with van der Waals surface area (Å²) >= 11 is 0. The van der Waals surface area contributed by atoms with E-state index in [1.807, 2.05) is 0 Å². The van der Waals surface area contributed by atoms with Gasteiger partial charge in [0.15, 0.2) is 0 Å². The maximum Gasteiger partial charge on any atom is 0.272 e. The molecule has 17 heavy (non-hydrogen) atoms. The van der Waals surface area contributed by atoms with E-state index in [0.717, 1.165) is 0 Å². The van der Waals surface area contributed by atoms with Crippen molar-refractivity contribution in [3.05, 3.63) is 28.3 Å². The first kappa shape index (κ1) is 14.2. The molecule has 0 aromatic heterocycles. The van der Waals surface area contributed by atoms with Crippen LogP contribution in [0.5, 0.6) is 0 Å². The highest BCUT2D eigenvalue weighted by Crippen LogP contribution is 2.27. The van der Waals surface area contributed by atoms with Crippen LogP contribution in [0.25, 0.3) is 0 Å². The molecule has 0 radical (unpaired) electrons. The fraction of sp³-hybridized carbons (Fsp3) is 0. The number of hydrogen-bond donors (Lipinski definition) is 0. The Balaban J connectivity index is 3.68. The molecule has 0 saturated heterocycles. The standard InChI is InChI=1S/C6H3Cl2NO6S2/c7-16(12,13)5-1-4(9(10)11)2-6(3-5)17(8,14)15/h1-3H. The van der Waals surface area contributed by atoms with E-state index in [4.69, 9.17) is 21.4 Å². The lowest BCUT2D eigenvalue weighted by Gasteiger charge is -2.00. The van der Waals surface area contributed by atoms with E-state index in [1.165, 1.54) is 0 Å². The Labute approximate surface area is 105 Å². The van der Waals surface area contributed by atoms with Gasteiger partial charge in [0.25, 0.3) is 23.8 Å². The second-order valence-electron chi connectivity index (χ2n) is 2.80. The number of nitro benzene ring substituents is 1. The fourth-order valence-corrected chi connectivity index (χ4v) is 2.61. The van der Waals surface area contributed by atoms with Crippen molar-refractivity contribution in [3.63, 3.8) is 0 Å². The summed E-state index contributed by atoms with van der Waals surface area (Å²) in [6.45, 7) is 0. The molecule has 0 aliphatic rings. The van der Waals surface area contributed by atoms with Crippen molar-refractivity contribution in [1.29, 1.82) is 0 Å². The molecule has 1 aromatic carbocycles. The summed E-state index contributed by atoms with van der Waals surface area (Å²) in [5, 5.41) is 10.5. The Kier molecular flexibility index (Phi) is 3.67. The largest absolute Gasteiger partial charge is 0.272 e. The van der Waals surface area contributed by atoms with Gasteiger partial charge in [-0.05, 0) is 6.07 Å². The molecule has 0 atom stereocenters. The molecule has 0 fully saturated rings. The predicted molar refractivity (Wildman–Crippen MR) is 59.2 cm³/mol. The molecule has 0 aliphatic carbocycles. The Morgan fingerprint density at radius 3 is 1.53 bits per heavy atom. The van der Waals surface area contributed by atoms with Crippen molar-refractivity contribution in [2.45, 2.75) is 9.79 Å². The number of benzene rings is 1. The molecule has 1 rings (SSSR count). The molecule has 0 aliphatic heterocycles. The van der Waals surface area contributed by atoms with Gasteiger partial charge in [0.1, 0.15) is 0 Å². The first-order valence-corrected chi connectivity index (χ1v) is 8.32. The molecular formula is C6H3Cl2NO6S2. The number of nitrogens with zero attached hydrogens (tertiary/aromatic N) is 1. The topological polar surface area (TPSA) is 111 Å². The molecule has 0 unspecified atom stereocenters. The maximum atomic E-state index is 11.0. The molecule has 0 heterocycles. The fourth-order valence-electron chi connectivity index (χ4n) is 0.944. The van der Waals surface area contributed by atoms with E-state index in [-0.39, 0.29) is 0 Å². The van der Waals surface area contributed by atoms with E-state index in [2.05, 4.69) is 0 Å². The number of halogens is 2. The van der Waals surface area contributed by atoms with Crippen molar-refractivity contribution in [2.24, 2.45) is 0 Å². The van der Waals surface area contributed by atoms with Crippen molar-refractivity contribution in [3.8, 4) is 0 Å². The van der Waals surface area contributed by atoms with Crippen molar-refractivity contribution < 1.29 is 21.8 Å². The van der Waals surface area contributed by atoms with Crippen LogP contribution in [0.2, 0.25) is 0 Å². The van der Waals surface area contributed by atoms with E-state index in [9.17, 15) is 26.9 Å². The minimum atomic E-state index is -4.30. The zero-order valence-corrected chi connectivity index (χ0v) is 10.8. The van der Waals surface area contributed by atoms with Crippen LogP contribution in [-0.4, -0.2) is 21.8 Å². The quantitative estimate of drug-likeness (QED) is 0.473. The van der Waals surface area contributed by atoms with Gasteiger partial charge in [-0.1, -0.05) is 0 Å². The van der Waals surface area contributed by atoms with Gasteiger partial charge in [-0.3, -0.25) is 10.1 Å². The summed E-state index contributed by atoms with van der Waals surface area (Å²) in [4.78, 5) is 8.10. The lowest BCUT2D eigenvalue weighted by Crippen LogP contribution is -1.99. The van der Waals surface area contributed by atoms with Crippen molar-refractivity contribution in [1.82, 2.24) is 0 Å². The van der Waals surface area contributed by atoms with Gasteiger partial charge in [-0.15, -0.1) is 0 Å². The summed E-state index contributed by atoms with van der Waals surface area (Å²) in [7, 11) is 1.34. The molecule has 0 amide bonds. The summed E-state index contributed by atoms with van der Waals surface area (Å²) in [5.74, 6) is 0. The molecular weight excluding hydrogens is 317 g/mol. The van der Waals surface area contributed by atoms with Crippen molar-refractivity contribution in [2.75, 3.05) is 0 Å². The van der Waals surface area contributed by atoms with E-state index >= 15 is 0 Å². The van der Waals surface area contributed by atoms with Gasteiger partial charge in [-0.25, -0.2) is 16.8 Å². The molecule has 1 aromatic rings. The zero-order chi connectivity index (χ0) is 13.4. The van der Waals surface area contributed by atoms with E-state index in [0.29, 0.717) is 18.2 Å². The highest BCUT2D eigenvalue weighted by Gasteiger charge is 2.22. The minimum absolute atomic E-state index is 0.633. The van der Waals surface area contributed by atoms with Gasteiger partial charge in [0, 0.05) is 33.5 Å². The lowest BCUT2D eigenvalue weighted by atomic mass is 10.3. The molecule has 0 bridgehead atoms. The second-order valence-corrected chi connectivity index (χ2v) is 7.93. The third-order valence-electron chi connectivity index (χ3n) is 1.64. The average Bonchev–Trinajstić information content (AvgIpc) is 2.14. The van der Waals surface area contributed by atoms with Gasteiger partial charge in [0.05, 0.1) is 14.7 Å². The highest BCUT2D eigenvalue weighted by molar-refractivity contribution is 8.14. The van der Waals surface area contributed by atoms with Crippen LogP contribution in [0.1, 0.15) is 0 Å². The van der Waals surface area contributed by atoms with E-state index in [1.54, 1.807) is 0 Å². The summed E-state index contributed by atoms with van der Waals surface area (Å²) < 4.78 is 44.0. The first-order valence-electron chi connectivity index (χ1n) is 3.70. The number of non-ortho nitro benzene ring substituents is 1. The van der Waals surface area contributed by atoms with E-state index < -0.39 is 38.5 Å². The molecule has 7 nitrogen and oxygen atoms in total. The number of hydrogen-bond acceptors (Lipinski definition) is 6. The van der Waals surface area contributed by atoms with Crippen LogP contribution in [0.3, 0.4) is 0 Å². The second kappa shape index (κ2) is 4.41. The van der Waals surface area contributed by atoms with Crippen LogP contribution >= 0.6 is 21.4 Å². The summed E-state index contributed by atoms with van der Waals surface area (Å²) in [5.41, 5.74) is -0.744. The third kappa shape index (κ3) is 3.53. The predicted octanol–water partition coefficient (Wildman–Crippen LogP) is 1.45. The monoisotopic (exact) mass is 319 g/mol. The molecule has 0 spiro atoms. The summed E-state index contributed by atoms with van der Waals surface area (Å²) in [6, 6.07) is 1.90. The number of nitro groups is 1. The normalized spacial score (nSPS) is 12.4. The maximum absolute atomic E-state index is 11.0. The molecule has 11 heteroatoms. The Hall–Kier alpha value is -0.900. The molecule has 94 valence electrons. The Morgan fingerprint density at radius 2 is 1.29 bits per heavy atom. The minimum Gasteiger partial charge on any atom is -0.258 e. The van der Waals surface area contributed by atoms with Gasteiger partial charge < -0.3 is 0 Å². The van der Waals surface area contributed by atoms with Crippen LogP contribution in [-0.2, 0) is 18.1 Å². The van der Waals surface area contributed by atoms with Gasteiger partial charge in [0.2, 0.25) is 0 Å². The average molecular weight is 320 g/mol. The first-order chi connectivity index (χ1) is 7.51. The Bertz CT molecular complexity index is 630. The van der Waals surface area contributed by atoms with Crippen molar-refractivity contribution >= 4 is 45.2 Å². The molecule has 0 saturated carbocycles. The number of rotatable bonds is 3.